The summed E-state index contributed by atoms with van der Waals surface area (Å²) in [5.41, 5.74) is 8.10. The average molecular weight is 258 g/mol. The maximum atomic E-state index is 12.4. The Morgan fingerprint density at radius 2 is 2.16 bits per heavy atom. The summed E-state index contributed by atoms with van der Waals surface area (Å²) in [4.78, 5) is 14.2. The highest BCUT2D eigenvalue weighted by Gasteiger charge is 2.18. The van der Waals surface area contributed by atoms with Crippen LogP contribution in [-0.2, 0) is 6.54 Å². The quantitative estimate of drug-likeness (QED) is 0.858. The molecule has 0 saturated heterocycles. The van der Waals surface area contributed by atoms with E-state index in [0.717, 1.165) is 5.56 Å². The second-order valence-corrected chi connectivity index (χ2v) is 4.45. The van der Waals surface area contributed by atoms with Crippen LogP contribution in [0.4, 0.5) is 5.69 Å². The van der Waals surface area contributed by atoms with Crippen LogP contribution in [0.5, 0.6) is 0 Å². The molecule has 4 nitrogen and oxygen atoms in total. The number of nitrogens with two attached hydrogens (primary N) is 1. The van der Waals surface area contributed by atoms with Gasteiger partial charge in [-0.05, 0) is 37.6 Å². The van der Waals surface area contributed by atoms with E-state index in [1.807, 2.05) is 31.2 Å². The first-order chi connectivity index (χ1) is 9.11. The molecule has 0 aliphatic rings. The van der Waals surface area contributed by atoms with Crippen LogP contribution in [0.3, 0.4) is 0 Å². The first-order valence-electron chi connectivity index (χ1n) is 6.29. The first-order valence-corrected chi connectivity index (χ1v) is 6.29. The van der Waals surface area contributed by atoms with Gasteiger partial charge in [-0.15, -0.1) is 0 Å². The molecule has 19 heavy (non-hydrogen) atoms. The van der Waals surface area contributed by atoms with E-state index in [1.54, 1.807) is 17.9 Å². The molecule has 0 atom stereocenters. The molecule has 1 heterocycles. The minimum Gasteiger partial charge on any atom is -0.469 e. The molecule has 0 aliphatic heterocycles. The summed E-state index contributed by atoms with van der Waals surface area (Å²) in [6.07, 6.45) is 1.54. The Bertz CT molecular complexity index is 575. The van der Waals surface area contributed by atoms with Crippen molar-refractivity contribution in [3.05, 3.63) is 53.5 Å². The fourth-order valence-electron chi connectivity index (χ4n) is 2.02. The van der Waals surface area contributed by atoms with Crippen LogP contribution in [0.15, 0.2) is 41.0 Å². The molecule has 1 aromatic carbocycles. The van der Waals surface area contributed by atoms with Crippen LogP contribution in [-0.4, -0.2) is 17.4 Å². The van der Waals surface area contributed by atoms with Gasteiger partial charge in [-0.2, -0.15) is 0 Å². The van der Waals surface area contributed by atoms with Gasteiger partial charge in [0.2, 0.25) is 0 Å². The lowest BCUT2D eigenvalue weighted by atomic mass is 10.1. The predicted molar refractivity (Wildman–Crippen MR) is 74.7 cm³/mol. The monoisotopic (exact) mass is 258 g/mol. The van der Waals surface area contributed by atoms with E-state index in [2.05, 4.69) is 0 Å². The Balaban J connectivity index is 2.17. The number of amides is 1. The number of hydrogen-bond acceptors (Lipinski definition) is 3. The molecule has 0 radical (unpaired) electrons. The third-order valence-electron chi connectivity index (χ3n) is 3.08. The number of carbonyl (C=O) groups is 1. The van der Waals surface area contributed by atoms with Gasteiger partial charge in [0, 0.05) is 18.8 Å². The third kappa shape index (κ3) is 2.96. The highest BCUT2D eigenvalue weighted by molar-refractivity contribution is 5.95. The molecule has 2 rings (SSSR count). The van der Waals surface area contributed by atoms with Gasteiger partial charge in [0.15, 0.2) is 0 Å². The normalized spacial score (nSPS) is 10.4. The number of aryl methyl sites for hydroxylation is 1. The molecule has 0 spiro atoms. The molecule has 0 aliphatic carbocycles. The van der Waals surface area contributed by atoms with Crippen molar-refractivity contribution in [2.45, 2.75) is 20.4 Å². The number of nitrogens with zero attached hydrogens (tertiary/aromatic N) is 1. The lowest BCUT2D eigenvalue weighted by molar-refractivity contribution is 0.0751. The molecule has 1 amide bonds. The first kappa shape index (κ1) is 13.2. The molecule has 2 aromatic rings. The average Bonchev–Trinajstić information content (AvgIpc) is 2.81. The van der Waals surface area contributed by atoms with Crippen molar-refractivity contribution in [3.63, 3.8) is 0 Å². The summed E-state index contributed by atoms with van der Waals surface area (Å²) in [5, 5.41) is 0. The van der Waals surface area contributed by atoms with Gasteiger partial charge in [-0.25, -0.2) is 0 Å². The molecule has 2 N–H and O–H groups in total. The number of hydrogen-bond donors (Lipinski definition) is 1. The van der Waals surface area contributed by atoms with E-state index in [0.29, 0.717) is 30.1 Å². The smallest absolute Gasteiger partial charge is 0.257 e. The van der Waals surface area contributed by atoms with Crippen molar-refractivity contribution < 1.29 is 9.21 Å². The van der Waals surface area contributed by atoms with Crippen LogP contribution in [0.1, 0.15) is 28.6 Å². The number of rotatable bonds is 4. The van der Waals surface area contributed by atoms with Gasteiger partial charge in [-0.3, -0.25) is 4.79 Å². The summed E-state index contributed by atoms with van der Waals surface area (Å²) in [5.74, 6) is 0.632. The number of furan rings is 1. The molecule has 1 aromatic heterocycles. The van der Waals surface area contributed by atoms with Gasteiger partial charge < -0.3 is 15.1 Å². The van der Waals surface area contributed by atoms with Crippen molar-refractivity contribution in [2.24, 2.45) is 0 Å². The van der Waals surface area contributed by atoms with E-state index in [4.69, 9.17) is 10.2 Å². The summed E-state index contributed by atoms with van der Waals surface area (Å²) < 4.78 is 5.18. The molecule has 0 saturated carbocycles. The standard InChI is InChI=1S/C15H18N2O2/c1-3-17(10-12-5-4-6-13(16)9-12)15(18)14-7-8-19-11(14)2/h4-9H,3,10,16H2,1-2H3. The zero-order chi connectivity index (χ0) is 13.8. The van der Waals surface area contributed by atoms with Crippen molar-refractivity contribution in [1.29, 1.82) is 0 Å². The Kier molecular flexibility index (Phi) is 3.90. The predicted octanol–water partition coefficient (Wildman–Crippen LogP) is 2.83. The lowest BCUT2D eigenvalue weighted by Gasteiger charge is -2.20. The van der Waals surface area contributed by atoms with E-state index < -0.39 is 0 Å². The summed E-state index contributed by atoms with van der Waals surface area (Å²) in [6, 6.07) is 9.29. The largest absolute Gasteiger partial charge is 0.469 e. The SMILES string of the molecule is CCN(Cc1cccc(N)c1)C(=O)c1ccoc1C. The third-order valence-corrected chi connectivity index (χ3v) is 3.08. The van der Waals surface area contributed by atoms with Crippen molar-refractivity contribution in [2.75, 3.05) is 12.3 Å². The highest BCUT2D eigenvalue weighted by Crippen LogP contribution is 2.15. The fraction of sp³-hybridized carbons (Fsp3) is 0.267. The van der Waals surface area contributed by atoms with Crippen LogP contribution in [0.2, 0.25) is 0 Å². The minimum absolute atomic E-state index is 0.0174. The Hall–Kier alpha value is -2.23. The summed E-state index contributed by atoms with van der Waals surface area (Å²) >= 11 is 0. The molecule has 100 valence electrons. The minimum atomic E-state index is -0.0174. The number of carbonyl (C=O) groups excluding carboxylic acids is 1. The van der Waals surface area contributed by atoms with Gasteiger partial charge in [0.1, 0.15) is 5.76 Å². The summed E-state index contributed by atoms with van der Waals surface area (Å²) in [6.45, 7) is 4.93. The molecule has 0 unspecified atom stereocenters. The summed E-state index contributed by atoms with van der Waals surface area (Å²) in [7, 11) is 0. The fourth-order valence-corrected chi connectivity index (χ4v) is 2.02. The lowest BCUT2D eigenvalue weighted by Crippen LogP contribution is -2.30. The van der Waals surface area contributed by atoms with Crippen LogP contribution < -0.4 is 5.73 Å². The Labute approximate surface area is 112 Å². The molecule has 0 bridgehead atoms. The molecular formula is C15H18N2O2. The van der Waals surface area contributed by atoms with Gasteiger partial charge in [0.25, 0.3) is 5.91 Å². The maximum Gasteiger partial charge on any atom is 0.257 e. The van der Waals surface area contributed by atoms with Crippen molar-refractivity contribution in [3.8, 4) is 0 Å². The van der Waals surface area contributed by atoms with E-state index >= 15 is 0 Å². The zero-order valence-electron chi connectivity index (χ0n) is 11.2. The van der Waals surface area contributed by atoms with Crippen molar-refractivity contribution in [1.82, 2.24) is 4.90 Å². The van der Waals surface area contributed by atoms with Gasteiger partial charge in [0.05, 0.1) is 11.8 Å². The number of nitrogen functional groups attached to an aromatic ring is 1. The second-order valence-electron chi connectivity index (χ2n) is 4.45. The zero-order valence-corrected chi connectivity index (χ0v) is 11.2. The molecule has 0 fully saturated rings. The van der Waals surface area contributed by atoms with Crippen LogP contribution in [0.25, 0.3) is 0 Å². The van der Waals surface area contributed by atoms with Gasteiger partial charge in [-0.1, -0.05) is 12.1 Å². The molecular weight excluding hydrogens is 240 g/mol. The second kappa shape index (κ2) is 5.61. The number of anilines is 1. The Morgan fingerprint density at radius 3 is 2.74 bits per heavy atom. The topological polar surface area (TPSA) is 59.5 Å². The van der Waals surface area contributed by atoms with Crippen molar-refractivity contribution >= 4 is 11.6 Å². The maximum absolute atomic E-state index is 12.4. The van der Waals surface area contributed by atoms with E-state index in [-0.39, 0.29) is 5.91 Å². The van der Waals surface area contributed by atoms with Crippen LogP contribution >= 0.6 is 0 Å². The van der Waals surface area contributed by atoms with E-state index in [1.165, 1.54) is 6.26 Å². The highest BCUT2D eigenvalue weighted by atomic mass is 16.3. The van der Waals surface area contributed by atoms with E-state index in [9.17, 15) is 4.79 Å². The molecule has 4 heteroatoms. The number of benzene rings is 1. The Morgan fingerprint density at radius 1 is 1.37 bits per heavy atom. The van der Waals surface area contributed by atoms with Crippen LogP contribution in [0, 0.1) is 6.92 Å². The van der Waals surface area contributed by atoms with Gasteiger partial charge >= 0.3 is 0 Å².